The van der Waals surface area contributed by atoms with E-state index in [-0.39, 0.29) is 30.7 Å². The Morgan fingerprint density at radius 2 is 1.94 bits per heavy atom. The van der Waals surface area contributed by atoms with Crippen molar-refractivity contribution >= 4 is 42.1 Å². The van der Waals surface area contributed by atoms with E-state index < -0.39 is 5.54 Å². The maximum absolute atomic E-state index is 11.5. The second kappa shape index (κ2) is 7.16. The molecule has 0 fully saturated rings. The number of nitrogens with two attached hydrogens (primary N) is 1. The van der Waals surface area contributed by atoms with Crippen LogP contribution in [-0.2, 0) is 11.3 Å². The van der Waals surface area contributed by atoms with Gasteiger partial charge in [-0.15, -0.1) is 36.2 Å². The maximum Gasteiger partial charge on any atom is 0.239 e. The Bertz CT molecular complexity index is 374. The first-order valence-electron chi connectivity index (χ1n) is 4.81. The first kappa shape index (κ1) is 19.0. The SMILES string of the molecule is Cc1nc(C)c(CNC(=O)C(C)(C)N)s1.Cl.Cl. The number of nitrogens with one attached hydrogen (secondary N) is 1. The first-order chi connectivity index (χ1) is 6.80. The van der Waals surface area contributed by atoms with Gasteiger partial charge in [-0.1, -0.05) is 0 Å². The van der Waals surface area contributed by atoms with Crippen LogP contribution < -0.4 is 11.1 Å². The summed E-state index contributed by atoms with van der Waals surface area (Å²) < 4.78 is 0. The molecular formula is C10H19Cl2N3OS. The highest BCUT2D eigenvalue weighted by atomic mass is 35.5. The van der Waals surface area contributed by atoms with Gasteiger partial charge in [0.15, 0.2) is 0 Å². The molecule has 0 saturated heterocycles. The predicted octanol–water partition coefficient (Wildman–Crippen LogP) is 1.96. The molecule has 0 radical (unpaired) electrons. The molecule has 1 aromatic rings. The molecule has 100 valence electrons. The van der Waals surface area contributed by atoms with Crippen molar-refractivity contribution in [2.75, 3.05) is 0 Å². The fourth-order valence-corrected chi connectivity index (χ4v) is 2.00. The smallest absolute Gasteiger partial charge is 0.239 e. The van der Waals surface area contributed by atoms with Gasteiger partial charge in [-0.2, -0.15) is 0 Å². The number of aryl methyl sites for hydroxylation is 2. The molecule has 17 heavy (non-hydrogen) atoms. The molecule has 1 heterocycles. The Hall–Kier alpha value is -0.360. The zero-order valence-corrected chi connectivity index (χ0v) is 12.8. The molecule has 0 unspecified atom stereocenters. The minimum Gasteiger partial charge on any atom is -0.350 e. The summed E-state index contributed by atoms with van der Waals surface area (Å²) in [6.45, 7) is 7.78. The van der Waals surface area contributed by atoms with Crippen LogP contribution in [0.2, 0.25) is 0 Å². The van der Waals surface area contributed by atoms with Gasteiger partial charge in [0.2, 0.25) is 5.91 Å². The van der Waals surface area contributed by atoms with Crippen LogP contribution in [0.3, 0.4) is 0 Å². The topological polar surface area (TPSA) is 68.0 Å². The maximum atomic E-state index is 11.5. The number of hydrogen-bond acceptors (Lipinski definition) is 4. The number of carbonyl (C=O) groups is 1. The van der Waals surface area contributed by atoms with Crippen molar-refractivity contribution < 1.29 is 4.79 Å². The molecule has 0 spiro atoms. The number of rotatable bonds is 3. The summed E-state index contributed by atoms with van der Waals surface area (Å²) in [5.74, 6) is -0.145. The molecule has 0 atom stereocenters. The van der Waals surface area contributed by atoms with Crippen LogP contribution in [-0.4, -0.2) is 16.4 Å². The van der Waals surface area contributed by atoms with Crippen molar-refractivity contribution in [3.8, 4) is 0 Å². The van der Waals surface area contributed by atoms with Gasteiger partial charge in [-0.05, 0) is 27.7 Å². The largest absolute Gasteiger partial charge is 0.350 e. The summed E-state index contributed by atoms with van der Waals surface area (Å²) in [6, 6.07) is 0. The molecule has 0 aromatic carbocycles. The molecule has 0 saturated carbocycles. The molecule has 0 aliphatic heterocycles. The van der Waals surface area contributed by atoms with E-state index in [4.69, 9.17) is 5.73 Å². The van der Waals surface area contributed by atoms with Crippen LogP contribution in [0.15, 0.2) is 0 Å². The van der Waals surface area contributed by atoms with Gasteiger partial charge in [0.05, 0.1) is 22.8 Å². The average molecular weight is 300 g/mol. The summed E-state index contributed by atoms with van der Waals surface area (Å²) in [7, 11) is 0. The molecule has 0 bridgehead atoms. The van der Waals surface area contributed by atoms with Crippen LogP contribution >= 0.6 is 36.2 Å². The predicted molar refractivity (Wildman–Crippen MR) is 76.2 cm³/mol. The van der Waals surface area contributed by atoms with Gasteiger partial charge >= 0.3 is 0 Å². The first-order valence-corrected chi connectivity index (χ1v) is 5.62. The number of carbonyl (C=O) groups excluding carboxylic acids is 1. The zero-order valence-electron chi connectivity index (χ0n) is 10.4. The van der Waals surface area contributed by atoms with Crippen molar-refractivity contribution in [1.82, 2.24) is 10.3 Å². The molecule has 0 aliphatic carbocycles. The van der Waals surface area contributed by atoms with Crippen LogP contribution in [0, 0.1) is 13.8 Å². The number of aromatic nitrogens is 1. The van der Waals surface area contributed by atoms with Gasteiger partial charge in [-0.3, -0.25) is 4.79 Å². The lowest BCUT2D eigenvalue weighted by Gasteiger charge is -2.17. The number of thiazole rings is 1. The molecule has 1 rings (SSSR count). The Kier molecular flexibility index (Phi) is 8.00. The molecule has 3 N–H and O–H groups in total. The summed E-state index contributed by atoms with van der Waals surface area (Å²) in [4.78, 5) is 16.9. The fourth-order valence-electron chi connectivity index (χ4n) is 1.13. The third kappa shape index (κ3) is 5.68. The minimum atomic E-state index is -0.826. The van der Waals surface area contributed by atoms with Crippen molar-refractivity contribution in [3.63, 3.8) is 0 Å². The molecular weight excluding hydrogens is 281 g/mol. The molecule has 4 nitrogen and oxygen atoms in total. The highest BCUT2D eigenvalue weighted by molar-refractivity contribution is 7.11. The van der Waals surface area contributed by atoms with Crippen LogP contribution in [0.25, 0.3) is 0 Å². The Morgan fingerprint density at radius 3 is 2.29 bits per heavy atom. The summed E-state index contributed by atoms with van der Waals surface area (Å²) in [5, 5.41) is 3.82. The lowest BCUT2D eigenvalue weighted by molar-refractivity contribution is -0.125. The van der Waals surface area contributed by atoms with E-state index in [0.717, 1.165) is 15.6 Å². The summed E-state index contributed by atoms with van der Waals surface area (Å²) in [5.41, 5.74) is 5.82. The Morgan fingerprint density at radius 1 is 1.41 bits per heavy atom. The highest BCUT2D eigenvalue weighted by Gasteiger charge is 2.21. The van der Waals surface area contributed by atoms with Gasteiger partial charge in [0.25, 0.3) is 0 Å². The highest BCUT2D eigenvalue weighted by Crippen LogP contribution is 2.16. The van der Waals surface area contributed by atoms with Gasteiger partial charge in [0, 0.05) is 4.88 Å². The Labute approximate surface area is 118 Å². The van der Waals surface area contributed by atoms with Gasteiger partial charge in [0.1, 0.15) is 0 Å². The van der Waals surface area contributed by atoms with E-state index in [2.05, 4.69) is 10.3 Å². The Balaban J connectivity index is 0. The molecule has 0 aliphatic rings. The second-order valence-corrected chi connectivity index (χ2v) is 5.43. The third-order valence-electron chi connectivity index (χ3n) is 1.99. The van der Waals surface area contributed by atoms with Crippen LogP contribution in [0.1, 0.15) is 29.4 Å². The van der Waals surface area contributed by atoms with E-state index in [1.165, 1.54) is 0 Å². The van der Waals surface area contributed by atoms with Crippen molar-refractivity contribution in [2.24, 2.45) is 5.73 Å². The van der Waals surface area contributed by atoms with E-state index in [1.54, 1.807) is 25.2 Å². The quantitative estimate of drug-likeness (QED) is 0.896. The zero-order chi connectivity index (χ0) is 11.6. The third-order valence-corrected chi connectivity index (χ3v) is 3.07. The van der Waals surface area contributed by atoms with Gasteiger partial charge < -0.3 is 11.1 Å². The summed E-state index contributed by atoms with van der Waals surface area (Å²) in [6.07, 6.45) is 0. The molecule has 1 amide bonds. The van der Waals surface area contributed by atoms with E-state index >= 15 is 0 Å². The van der Waals surface area contributed by atoms with E-state index in [0.29, 0.717) is 6.54 Å². The standard InChI is InChI=1S/C10H17N3OS.2ClH/c1-6-8(15-7(2)13-6)5-12-9(14)10(3,4)11;;/h5,11H2,1-4H3,(H,12,14);2*1H. The minimum absolute atomic E-state index is 0. The molecule has 1 aromatic heterocycles. The average Bonchev–Trinajstić information content (AvgIpc) is 2.39. The second-order valence-electron chi connectivity index (χ2n) is 4.15. The molecule has 7 heteroatoms. The monoisotopic (exact) mass is 299 g/mol. The number of nitrogens with zero attached hydrogens (tertiary/aromatic N) is 1. The van der Waals surface area contributed by atoms with Crippen molar-refractivity contribution in [2.45, 2.75) is 39.8 Å². The van der Waals surface area contributed by atoms with Gasteiger partial charge in [-0.25, -0.2) is 4.98 Å². The summed E-state index contributed by atoms with van der Waals surface area (Å²) >= 11 is 1.60. The van der Waals surface area contributed by atoms with Crippen LogP contribution in [0.5, 0.6) is 0 Å². The fraction of sp³-hybridized carbons (Fsp3) is 0.600. The number of hydrogen-bond donors (Lipinski definition) is 2. The van der Waals surface area contributed by atoms with E-state index in [9.17, 15) is 4.79 Å². The van der Waals surface area contributed by atoms with Crippen LogP contribution in [0.4, 0.5) is 0 Å². The normalized spacial score (nSPS) is 10.2. The van der Waals surface area contributed by atoms with Crippen molar-refractivity contribution in [3.05, 3.63) is 15.6 Å². The number of amides is 1. The van der Waals surface area contributed by atoms with E-state index in [1.807, 2.05) is 13.8 Å². The number of halogens is 2. The lowest BCUT2D eigenvalue weighted by Crippen LogP contribution is -2.48. The lowest BCUT2D eigenvalue weighted by atomic mass is 10.1. The van der Waals surface area contributed by atoms with Crippen molar-refractivity contribution in [1.29, 1.82) is 0 Å².